The molecule has 0 N–H and O–H groups in total. The second-order valence-corrected chi connectivity index (χ2v) is 6.07. The quantitative estimate of drug-likeness (QED) is 0.735. The summed E-state index contributed by atoms with van der Waals surface area (Å²) in [5.74, 6) is 0. The van der Waals surface area contributed by atoms with E-state index in [0.717, 1.165) is 6.42 Å². The van der Waals surface area contributed by atoms with Crippen molar-refractivity contribution in [1.82, 2.24) is 0 Å². The molecular formula is C18H16S. The van der Waals surface area contributed by atoms with Crippen LogP contribution >= 0.6 is 11.8 Å². The Balaban J connectivity index is 1.99. The zero-order valence-corrected chi connectivity index (χ0v) is 11.5. The Bertz CT molecular complexity index is 584. The van der Waals surface area contributed by atoms with Crippen molar-refractivity contribution in [2.24, 2.45) is 0 Å². The minimum absolute atomic E-state index is 0.0252. The van der Waals surface area contributed by atoms with Gasteiger partial charge in [0.2, 0.25) is 0 Å². The predicted octanol–water partition coefficient (Wildman–Crippen LogP) is 5.19. The van der Waals surface area contributed by atoms with Crippen molar-refractivity contribution in [3.8, 4) is 0 Å². The van der Waals surface area contributed by atoms with E-state index in [1.807, 2.05) is 11.8 Å². The Morgan fingerprint density at radius 2 is 1.47 bits per heavy atom. The van der Waals surface area contributed by atoms with Crippen molar-refractivity contribution in [3.05, 3.63) is 90.5 Å². The maximum Gasteiger partial charge on any atom is 0.0672 e. The molecule has 0 saturated heterocycles. The van der Waals surface area contributed by atoms with Gasteiger partial charge in [-0.05, 0) is 24.1 Å². The zero-order chi connectivity index (χ0) is 13.0. The van der Waals surface area contributed by atoms with E-state index >= 15 is 0 Å². The maximum atomic E-state index is 2.32. The van der Waals surface area contributed by atoms with Crippen molar-refractivity contribution in [2.75, 3.05) is 0 Å². The van der Waals surface area contributed by atoms with Gasteiger partial charge in [-0.1, -0.05) is 72.8 Å². The van der Waals surface area contributed by atoms with Crippen LogP contribution in [0, 0.1) is 0 Å². The van der Waals surface area contributed by atoms with Crippen LogP contribution in [0.1, 0.15) is 12.0 Å². The Morgan fingerprint density at radius 3 is 2.11 bits per heavy atom. The number of thioether (sulfide) groups is 1. The molecule has 1 unspecified atom stereocenters. The first kappa shape index (κ1) is 12.3. The molecule has 2 aromatic carbocycles. The normalized spacial score (nSPS) is 21.5. The van der Waals surface area contributed by atoms with Crippen molar-refractivity contribution in [1.29, 1.82) is 0 Å². The van der Waals surface area contributed by atoms with E-state index in [0.29, 0.717) is 0 Å². The van der Waals surface area contributed by atoms with Crippen LogP contribution in [0.3, 0.4) is 0 Å². The lowest BCUT2D eigenvalue weighted by Crippen LogP contribution is -2.19. The van der Waals surface area contributed by atoms with Gasteiger partial charge in [0.25, 0.3) is 0 Å². The Kier molecular flexibility index (Phi) is 3.56. The first-order valence-corrected chi connectivity index (χ1v) is 7.35. The van der Waals surface area contributed by atoms with E-state index in [2.05, 4.69) is 85.0 Å². The molecule has 0 fully saturated rings. The highest BCUT2D eigenvalue weighted by Crippen LogP contribution is 2.46. The molecule has 0 amide bonds. The summed E-state index contributed by atoms with van der Waals surface area (Å²) in [7, 11) is 0. The summed E-state index contributed by atoms with van der Waals surface area (Å²) in [4.78, 5) is 1.31. The monoisotopic (exact) mass is 264 g/mol. The summed E-state index contributed by atoms with van der Waals surface area (Å²) >= 11 is 1.93. The molecule has 1 atom stereocenters. The molecule has 3 rings (SSSR count). The highest BCUT2D eigenvalue weighted by Gasteiger charge is 2.30. The Morgan fingerprint density at radius 1 is 0.789 bits per heavy atom. The molecule has 0 radical (unpaired) electrons. The number of hydrogen-bond acceptors (Lipinski definition) is 1. The minimum Gasteiger partial charge on any atom is -0.110 e. The van der Waals surface area contributed by atoms with Gasteiger partial charge < -0.3 is 0 Å². The van der Waals surface area contributed by atoms with Crippen molar-refractivity contribution in [3.63, 3.8) is 0 Å². The molecule has 1 aliphatic carbocycles. The van der Waals surface area contributed by atoms with Crippen LogP contribution in [-0.2, 0) is 4.75 Å². The lowest BCUT2D eigenvalue weighted by atomic mass is 9.91. The third kappa shape index (κ3) is 2.66. The average Bonchev–Trinajstić information content (AvgIpc) is 2.50. The first-order chi connectivity index (χ1) is 9.39. The molecule has 0 heterocycles. The van der Waals surface area contributed by atoms with Crippen LogP contribution < -0.4 is 0 Å². The fourth-order valence-electron chi connectivity index (χ4n) is 2.37. The SMILES string of the molecule is C1=CCC(Sc2ccccc2)(c2ccccc2)C=C1. The molecule has 1 aliphatic rings. The molecule has 2 aromatic rings. The summed E-state index contributed by atoms with van der Waals surface area (Å²) < 4.78 is 0.0252. The van der Waals surface area contributed by atoms with Crippen LogP contribution in [0.15, 0.2) is 89.9 Å². The molecular weight excluding hydrogens is 248 g/mol. The van der Waals surface area contributed by atoms with Crippen molar-refractivity contribution >= 4 is 11.8 Å². The molecule has 0 aliphatic heterocycles. The lowest BCUT2D eigenvalue weighted by molar-refractivity contribution is 0.778. The first-order valence-electron chi connectivity index (χ1n) is 6.53. The van der Waals surface area contributed by atoms with Gasteiger partial charge in [-0.25, -0.2) is 0 Å². The molecule has 0 aromatic heterocycles. The predicted molar refractivity (Wildman–Crippen MR) is 83.3 cm³/mol. The maximum absolute atomic E-state index is 2.32. The van der Waals surface area contributed by atoms with E-state index < -0.39 is 0 Å². The molecule has 94 valence electrons. The van der Waals surface area contributed by atoms with Gasteiger partial charge in [0.05, 0.1) is 4.75 Å². The van der Waals surface area contributed by atoms with E-state index in [4.69, 9.17) is 0 Å². The molecule has 19 heavy (non-hydrogen) atoms. The molecule has 0 nitrogen and oxygen atoms in total. The zero-order valence-electron chi connectivity index (χ0n) is 10.7. The highest BCUT2D eigenvalue weighted by atomic mass is 32.2. The van der Waals surface area contributed by atoms with Gasteiger partial charge in [0.15, 0.2) is 0 Å². The summed E-state index contributed by atoms with van der Waals surface area (Å²) in [5.41, 5.74) is 1.37. The smallest absolute Gasteiger partial charge is 0.0672 e. The number of rotatable bonds is 3. The summed E-state index contributed by atoms with van der Waals surface area (Å²) in [6, 6.07) is 21.4. The Hall–Kier alpha value is -1.73. The van der Waals surface area contributed by atoms with Crippen LogP contribution in [-0.4, -0.2) is 0 Å². The van der Waals surface area contributed by atoms with Crippen LogP contribution in [0.25, 0.3) is 0 Å². The van der Waals surface area contributed by atoms with Crippen molar-refractivity contribution < 1.29 is 0 Å². The Labute approximate surface area is 118 Å². The third-order valence-electron chi connectivity index (χ3n) is 3.34. The fourth-order valence-corrected chi connectivity index (χ4v) is 3.66. The van der Waals surface area contributed by atoms with E-state index in [1.165, 1.54) is 10.5 Å². The highest BCUT2D eigenvalue weighted by molar-refractivity contribution is 8.00. The van der Waals surface area contributed by atoms with E-state index in [1.54, 1.807) is 0 Å². The van der Waals surface area contributed by atoms with Crippen molar-refractivity contribution in [2.45, 2.75) is 16.1 Å². The number of allylic oxidation sites excluding steroid dienone is 3. The lowest BCUT2D eigenvalue weighted by Gasteiger charge is -2.31. The van der Waals surface area contributed by atoms with Crippen LogP contribution in [0.4, 0.5) is 0 Å². The molecule has 1 heteroatoms. The topological polar surface area (TPSA) is 0 Å². The summed E-state index contributed by atoms with van der Waals surface area (Å²) in [5, 5.41) is 0. The summed E-state index contributed by atoms with van der Waals surface area (Å²) in [6.45, 7) is 0. The molecule has 0 spiro atoms. The summed E-state index contributed by atoms with van der Waals surface area (Å²) in [6.07, 6.45) is 9.90. The van der Waals surface area contributed by atoms with Gasteiger partial charge in [-0.2, -0.15) is 0 Å². The second kappa shape index (κ2) is 5.50. The van der Waals surface area contributed by atoms with Gasteiger partial charge in [-0.15, -0.1) is 11.8 Å². The van der Waals surface area contributed by atoms with Gasteiger partial charge in [-0.3, -0.25) is 0 Å². The van der Waals surface area contributed by atoms with Crippen LogP contribution in [0.5, 0.6) is 0 Å². The second-order valence-electron chi connectivity index (χ2n) is 4.66. The minimum atomic E-state index is 0.0252. The van der Waals surface area contributed by atoms with Gasteiger partial charge >= 0.3 is 0 Å². The molecule has 0 saturated carbocycles. The van der Waals surface area contributed by atoms with Gasteiger partial charge in [0.1, 0.15) is 0 Å². The van der Waals surface area contributed by atoms with E-state index in [-0.39, 0.29) is 4.75 Å². The number of benzene rings is 2. The van der Waals surface area contributed by atoms with Crippen LogP contribution in [0.2, 0.25) is 0 Å². The average molecular weight is 264 g/mol. The number of hydrogen-bond donors (Lipinski definition) is 0. The van der Waals surface area contributed by atoms with E-state index in [9.17, 15) is 0 Å². The third-order valence-corrected chi connectivity index (χ3v) is 4.75. The standard InChI is InChI=1S/C18H16S/c1-4-10-16(11-5-1)18(14-8-3-9-15-18)19-17-12-6-2-7-13-17/h1-14H,15H2. The fraction of sp³-hybridized carbons (Fsp3) is 0.111. The van der Waals surface area contributed by atoms with Gasteiger partial charge in [0, 0.05) is 4.90 Å². The largest absolute Gasteiger partial charge is 0.110 e. The molecule has 0 bridgehead atoms.